The van der Waals surface area contributed by atoms with Crippen LogP contribution in [-0.4, -0.2) is 53.3 Å². The second-order valence-electron chi connectivity index (χ2n) is 5.67. The van der Waals surface area contributed by atoms with Gasteiger partial charge in [-0.1, -0.05) is 12.1 Å². The van der Waals surface area contributed by atoms with Crippen LogP contribution in [0, 0.1) is 0 Å². The van der Waals surface area contributed by atoms with Crippen molar-refractivity contribution in [3.8, 4) is 0 Å². The molecule has 1 aromatic heterocycles. The van der Waals surface area contributed by atoms with Crippen LogP contribution in [0.15, 0.2) is 24.3 Å². The Bertz CT molecular complexity index is 669. The smallest absolute Gasteiger partial charge is 0.251 e. The van der Waals surface area contributed by atoms with Crippen molar-refractivity contribution in [2.75, 3.05) is 26.9 Å². The molecule has 6 nitrogen and oxygen atoms in total. The van der Waals surface area contributed by atoms with Crippen LogP contribution in [0.1, 0.15) is 26.6 Å². The van der Waals surface area contributed by atoms with Gasteiger partial charge in [-0.15, -0.1) is 0 Å². The Morgan fingerprint density at radius 2 is 2.04 bits per heavy atom. The predicted octanol–water partition coefficient (Wildman–Crippen LogP) is 2.46. The van der Waals surface area contributed by atoms with Gasteiger partial charge in [0.25, 0.3) is 5.91 Å². The van der Waals surface area contributed by atoms with Gasteiger partial charge in [0, 0.05) is 20.2 Å². The van der Waals surface area contributed by atoms with E-state index in [4.69, 9.17) is 9.47 Å². The number of aromatic nitrogens is 2. The highest BCUT2D eigenvalue weighted by Gasteiger charge is 2.20. The molecule has 1 amide bonds. The van der Waals surface area contributed by atoms with Crippen molar-refractivity contribution in [1.29, 1.82) is 0 Å². The third kappa shape index (κ3) is 4.33. The summed E-state index contributed by atoms with van der Waals surface area (Å²) in [5, 5.41) is 0. The minimum atomic E-state index is -0.491. The molecule has 0 aliphatic rings. The van der Waals surface area contributed by atoms with Crippen molar-refractivity contribution >= 4 is 16.9 Å². The first-order valence-corrected chi connectivity index (χ1v) is 8.46. The van der Waals surface area contributed by atoms with Gasteiger partial charge in [-0.25, -0.2) is 4.98 Å². The predicted molar refractivity (Wildman–Crippen MR) is 93.8 cm³/mol. The number of hydrogen-bond acceptors (Lipinski definition) is 4. The average molecular weight is 333 g/mol. The molecule has 0 N–H and O–H groups in total. The van der Waals surface area contributed by atoms with Crippen LogP contribution in [0.25, 0.3) is 11.0 Å². The van der Waals surface area contributed by atoms with E-state index < -0.39 is 6.10 Å². The van der Waals surface area contributed by atoms with Crippen LogP contribution in [0.4, 0.5) is 0 Å². The van der Waals surface area contributed by atoms with E-state index in [1.165, 1.54) is 0 Å². The lowest BCUT2D eigenvalue weighted by atomic mass is 10.3. The maximum atomic E-state index is 12.4. The van der Waals surface area contributed by atoms with E-state index in [1.807, 2.05) is 25.1 Å². The molecule has 0 saturated heterocycles. The number of rotatable bonds is 9. The summed E-state index contributed by atoms with van der Waals surface area (Å²) < 4.78 is 12.9. The zero-order valence-corrected chi connectivity index (χ0v) is 15.0. The summed E-state index contributed by atoms with van der Waals surface area (Å²) in [6, 6.07) is 8.02. The fourth-order valence-corrected chi connectivity index (χ4v) is 2.70. The third-order valence-electron chi connectivity index (χ3n) is 3.95. The number of hydrogen-bond donors (Lipinski definition) is 0. The lowest BCUT2D eigenvalue weighted by molar-refractivity contribution is -0.142. The van der Waals surface area contributed by atoms with Crippen LogP contribution < -0.4 is 0 Å². The van der Waals surface area contributed by atoms with Gasteiger partial charge in [-0.2, -0.15) is 0 Å². The SMILES string of the molecule is CCOCCOC(C)C(=O)N(C)Cc1nc2ccccc2n1CC. The van der Waals surface area contributed by atoms with Gasteiger partial charge in [0.2, 0.25) is 0 Å². The highest BCUT2D eigenvalue weighted by atomic mass is 16.5. The molecule has 132 valence electrons. The number of aryl methyl sites for hydroxylation is 1. The van der Waals surface area contributed by atoms with Crippen molar-refractivity contribution < 1.29 is 14.3 Å². The van der Waals surface area contributed by atoms with Crippen LogP contribution in [0.5, 0.6) is 0 Å². The monoisotopic (exact) mass is 333 g/mol. The first-order valence-electron chi connectivity index (χ1n) is 8.46. The number of benzene rings is 1. The number of para-hydroxylation sites is 2. The molecule has 0 spiro atoms. The largest absolute Gasteiger partial charge is 0.379 e. The number of likely N-dealkylation sites (N-methyl/N-ethyl adjacent to an activating group) is 1. The molecule has 0 radical (unpaired) electrons. The Kier molecular flexibility index (Phi) is 6.75. The molecule has 0 saturated carbocycles. The van der Waals surface area contributed by atoms with Gasteiger partial charge in [0.1, 0.15) is 11.9 Å². The molecule has 1 atom stereocenters. The molecule has 2 rings (SSSR count). The first-order chi connectivity index (χ1) is 11.6. The van der Waals surface area contributed by atoms with Gasteiger partial charge >= 0.3 is 0 Å². The normalized spacial score (nSPS) is 12.5. The minimum Gasteiger partial charge on any atom is -0.379 e. The van der Waals surface area contributed by atoms with E-state index in [0.29, 0.717) is 26.4 Å². The second-order valence-corrected chi connectivity index (χ2v) is 5.67. The van der Waals surface area contributed by atoms with Gasteiger partial charge in [-0.3, -0.25) is 4.79 Å². The van der Waals surface area contributed by atoms with Gasteiger partial charge in [0.05, 0.1) is 30.8 Å². The van der Waals surface area contributed by atoms with Crippen molar-refractivity contribution in [2.45, 2.75) is 40.0 Å². The van der Waals surface area contributed by atoms with Crippen molar-refractivity contribution in [1.82, 2.24) is 14.5 Å². The molecule has 1 unspecified atom stereocenters. The lowest BCUT2D eigenvalue weighted by Gasteiger charge is -2.21. The summed E-state index contributed by atoms with van der Waals surface area (Å²) in [6.45, 7) is 8.64. The quantitative estimate of drug-likeness (QED) is 0.662. The molecule has 0 bridgehead atoms. The number of carbonyl (C=O) groups is 1. The van der Waals surface area contributed by atoms with E-state index >= 15 is 0 Å². The fourth-order valence-electron chi connectivity index (χ4n) is 2.70. The molecule has 24 heavy (non-hydrogen) atoms. The fraction of sp³-hybridized carbons (Fsp3) is 0.556. The number of amides is 1. The van der Waals surface area contributed by atoms with E-state index in [1.54, 1.807) is 18.9 Å². The van der Waals surface area contributed by atoms with Crippen molar-refractivity contribution in [3.05, 3.63) is 30.1 Å². The Balaban J connectivity index is 2.01. The van der Waals surface area contributed by atoms with Gasteiger partial charge in [-0.05, 0) is 32.9 Å². The molecule has 1 heterocycles. The number of ether oxygens (including phenoxy) is 2. The van der Waals surface area contributed by atoms with Crippen LogP contribution in [-0.2, 0) is 27.4 Å². The number of nitrogens with zero attached hydrogens (tertiary/aromatic N) is 3. The molecule has 2 aromatic rings. The Morgan fingerprint density at radius 1 is 1.29 bits per heavy atom. The average Bonchev–Trinajstić information content (AvgIpc) is 2.94. The summed E-state index contributed by atoms with van der Waals surface area (Å²) in [6.07, 6.45) is -0.491. The first kappa shape index (κ1) is 18.4. The van der Waals surface area contributed by atoms with Crippen molar-refractivity contribution in [2.24, 2.45) is 0 Å². The molecule has 0 aliphatic heterocycles. The van der Waals surface area contributed by atoms with Crippen LogP contribution in [0.3, 0.4) is 0 Å². The van der Waals surface area contributed by atoms with E-state index in [9.17, 15) is 4.79 Å². The van der Waals surface area contributed by atoms with Gasteiger partial charge < -0.3 is 18.9 Å². The molecule has 6 heteroatoms. The highest BCUT2D eigenvalue weighted by Crippen LogP contribution is 2.17. The Labute approximate surface area is 143 Å². The summed E-state index contributed by atoms with van der Waals surface area (Å²) >= 11 is 0. The highest BCUT2D eigenvalue weighted by molar-refractivity contribution is 5.80. The molecule has 0 aliphatic carbocycles. The Hall–Kier alpha value is -1.92. The number of imidazole rings is 1. The van der Waals surface area contributed by atoms with E-state index in [2.05, 4.69) is 22.5 Å². The van der Waals surface area contributed by atoms with Crippen LogP contribution in [0.2, 0.25) is 0 Å². The zero-order chi connectivity index (χ0) is 17.5. The van der Waals surface area contributed by atoms with Gasteiger partial charge in [0.15, 0.2) is 0 Å². The molecule has 1 aromatic carbocycles. The van der Waals surface area contributed by atoms with Crippen molar-refractivity contribution in [3.63, 3.8) is 0 Å². The zero-order valence-electron chi connectivity index (χ0n) is 15.0. The summed E-state index contributed by atoms with van der Waals surface area (Å²) in [4.78, 5) is 18.8. The third-order valence-corrected chi connectivity index (χ3v) is 3.95. The second kappa shape index (κ2) is 8.80. The standard InChI is InChI=1S/C18H27N3O3/c1-5-21-16-10-8-7-9-15(16)19-17(21)13-20(4)18(22)14(3)24-12-11-23-6-2/h7-10,14H,5-6,11-13H2,1-4H3. The summed E-state index contributed by atoms with van der Waals surface area (Å²) in [7, 11) is 1.78. The van der Waals surface area contributed by atoms with Crippen LogP contribution >= 0.6 is 0 Å². The minimum absolute atomic E-state index is 0.0544. The molecular weight excluding hydrogens is 306 g/mol. The summed E-state index contributed by atoms with van der Waals surface area (Å²) in [5.41, 5.74) is 2.05. The maximum absolute atomic E-state index is 12.4. The molecular formula is C18H27N3O3. The van der Waals surface area contributed by atoms with E-state index in [0.717, 1.165) is 23.4 Å². The summed E-state index contributed by atoms with van der Waals surface area (Å²) in [5.74, 6) is 0.831. The molecule has 0 fully saturated rings. The lowest BCUT2D eigenvalue weighted by Crippen LogP contribution is -2.37. The topological polar surface area (TPSA) is 56.6 Å². The Morgan fingerprint density at radius 3 is 2.75 bits per heavy atom. The maximum Gasteiger partial charge on any atom is 0.251 e. The number of carbonyl (C=O) groups excluding carboxylic acids is 1. The number of fused-ring (bicyclic) bond motifs is 1. The van der Waals surface area contributed by atoms with E-state index in [-0.39, 0.29) is 5.91 Å².